The monoisotopic (exact) mass is 271 g/mol. The highest BCUT2D eigenvalue weighted by Gasteiger charge is 2.05. The van der Waals surface area contributed by atoms with Crippen molar-refractivity contribution in [2.75, 3.05) is 6.54 Å². The third-order valence-corrected chi connectivity index (χ3v) is 2.98. The van der Waals surface area contributed by atoms with Crippen LogP contribution >= 0.6 is 0 Å². The minimum Gasteiger partial charge on any atom is -0.331 e. The van der Waals surface area contributed by atoms with Crippen molar-refractivity contribution < 1.29 is 4.39 Å². The molecule has 0 spiro atoms. The second-order valence-corrected chi connectivity index (χ2v) is 4.54. The van der Waals surface area contributed by atoms with E-state index in [9.17, 15) is 4.39 Å². The molecular formula is C16H18FN3. The Bertz CT molecular complexity index is 635. The predicted octanol–water partition coefficient (Wildman–Crippen LogP) is 2.33. The minimum atomic E-state index is -0.311. The molecule has 3 nitrogen and oxygen atoms in total. The molecule has 0 bridgehead atoms. The van der Waals surface area contributed by atoms with Crippen molar-refractivity contribution in [3.8, 4) is 11.8 Å². The number of hydrogen-bond donors (Lipinski definition) is 1. The molecule has 0 aliphatic heterocycles. The first-order chi connectivity index (χ1) is 9.74. The summed E-state index contributed by atoms with van der Waals surface area (Å²) < 4.78 is 15.7. The zero-order chi connectivity index (χ0) is 14.4. The Morgan fingerprint density at radius 1 is 1.40 bits per heavy atom. The fourth-order valence-electron chi connectivity index (χ4n) is 2.05. The molecule has 0 radical (unpaired) electrons. The van der Waals surface area contributed by atoms with Gasteiger partial charge in [-0.1, -0.05) is 24.8 Å². The number of nitrogens with two attached hydrogens (primary N) is 1. The number of nitrogens with zero attached hydrogens (tertiary/aromatic N) is 2. The first-order valence-corrected chi connectivity index (χ1v) is 6.72. The molecule has 0 fully saturated rings. The summed E-state index contributed by atoms with van der Waals surface area (Å²) in [6, 6.07) is 5.00. The molecular weight excluding hydrogens is 253 g/mol. The van der Waals surface area contributed by atoms with Gasteiger partial charge in [-0.05, 0) is 24.1 Å². The highest BCUT2D eigenvalue weighted by Crippen LogP contribution is 2.12. The van der Waals surface area contributed by atoms with Gasteiger partial charge in [0.15, 0.2) is 0 Å². The van der Waals surface area contributed by atoms with Gasteiger partial charge in [-0.2, -0.15) is 0 Å². The second kappa shape index (κ2) is 6.88. The van der Waals surface area contributed by atoms with E-state index < -0.39 is 0 Å². The molecule has 2 N–H and O–H groups in total. The molecule has 2 aromatic rings. The van der Waals surface area contributed by atoms with Gasteiger partial charge in [0.05, 0.1) is 12.1 Å². The zero-order valence-corrected chi connectivity index (χ0v) is 11.6. The summed E-state index contributed by atoms with van der Waals surface area (Å²) in [7, 11) is 0. The van der Waals surface area contributed by atoms with E-state index in [1.54, 1.807) is 18.3 Å². The van der Waals surface area contributed by atoms with Gasteiger partial charge in [0.1, 0.15) is 11.6 Å². The second-order valence-electron chi connectivity index (χ2n) is 4.54. The Morgan fingerprint density at radius 3 is 3.00 bits per heavy atom. The molecule has 4 heteroatoms. The molecule has 2 rings (SSSR count). The average Bonchev–Trinajstić information content (AvgIpc) is 2.87. The predicted molar refractivity (Wildman–Crippen MR) is 77.7 cm³/mol. The molecule has 0 saturated carbocycles. The van der Waals surface area contributed by atoms with Gasteiger partial charge in [0.2, 0.25) is 0 Å². The van der Waals surface area contributed by atoms with Gasteiger partial charge < -0.3 is 10.3 Å². The summed E-state index contributed by atoms with van der Waals surface area (Å²) >= 11 is 0. The summed E-state index contributed by atoms with van der Waals surface area (Å²) in [5.41, 5.74) is 6.72. The SMILES string of the molecule is CCCc1nccn1Cc1ccc(F)c(C#CCN)c1. The number of aromatic nitrogens is 2. The van der Waals surface area contributed by atoms with E-state index in [0.29, 0.717) is 12.1 Å². The number of halogens is 1. The topological polar surface area (TPSA) is 43.8 Å². The Kier molecular flexibility index (Phi) is 4.91. The highest BCUT2D eigenvalue weighted by atomic mass is 19.1. The third kappa shape index (κ3) is 3.46. The molecule has 1 aromatic heterocycles. The lowest BCUT2D eigenvalue weighted by Gasteiger charge is -2.08. The molecule has 20 heavy (non-hydrogen) atoms. The smallest absolute Gasteiger partial charge is 0.138 e. The van der Waals surface area contributed by atoms with Crippen LogP contribution in [0.5, 0.6) is 0 Å². The van der Waals surface area contributed by atoms with Gasteiger partial charge in [-0.25, -0.2) is 9.37 Å². The van der Waals surface area contributed by atoms with Crippen molar-refractivity contribution in [2.24, 2.45) is 5.73 Å². The van der Waals surface area contributed by atoms with E-state index in [2.05, 4.69) is 28.3 Å². The lowest BCUT2D eigenvalue weighted by molar-refractivity contribution is 0.622. The number of rotatable bonds is 4. The first kappa shape index (κ1) is 14.3. The third-order valence-electron chi connectivity index (χ3n) is 2.98. The first-order valence-electron chi connectivity index (χ1n) is 6.72. The fourth-order valence-corrected chi connectivity index (χ4v) is 2.05. The van der Waals surface area contributed by atoms with E-state index >= 15 is 0 Å². The van der Waals surface area contributed by atoms with Gasteiger partial charge in [0, 0.05) is 25.4 Å². The zero-order valence-electron chi connectivity index (χ0n) is 11.6. The Morgan fingerprint density at radius 2 is 2.25 bits per heavy atom. The lowest BCUT2D eigenvalue weighted by atomic mass is 10.1. The maximum Gasteiger partial charge on any atom is 0.138 e. The summed E-state index contributed by atoms with van der Waals surface area (Å²) in [6.07, 6.45) is 5.73. The molecule has 104 valence electrons. The maximum absolute atomic E-state index is 13.6. The van der Waals surface area contributed by atoms with E-state index in [-0.39, 0.29) is 12.4 Å². The van der Waals surface area contributed by atoms with Crippen LogP contribution in [0.15, 0.2) is 30.6 Å². The van der Waals surface area contributed by atoms with E-state index in [1.165, 1.54) is 6.07 Å². The largest absolute Gasteiger partial charge is 0.331 e. The molecule has 0 aliphatic carbocycles. The molecule has 0 aliphatic rings. The molecule has 0 amide bonds. The van der Waals surface area contributed by atoms with Crippen molar-refractivity contribution in [1.82, 2.24) is 9.55 Å². The van der Waals surface area contributed by atoms with Crippen LogP contribution in [0.3, 0.4) is 0 Å². The van der Waals surface area contributed by atoms with Crippen molar-refractivity contribution in [3.63, 3.8) is 0 Å². The van der Waals surface area contributed by atoms with Crippen LogP contribution < -0.4 is 5.73 Å². The number of imidazole rings is 1. The Balaban J connectivity index is 2.23. The number of aryl methyl sites for hydroxylation is 1. The summed E-state index contributed by atoms with van der Waals surface area (Å²) in [6.45, 7) is 3.02. The van der Waals surface area contributed by atoms with Gasteiger partial charge in [-0.3, -0.25) is 0 Å². The summed E-state index contributed by atoms with van der Waals surface area (Å²) in [4.78, 5) is 4.34. The Labute approximate surface area is 118 Å². The molecule has 0 saturated heterocycles. The van der Waals surface area contributed by atoms with Crippen molar-refractivity contribution in [2.45, 2.75) is 26.3 Å². The standard InChI is InChI=1S/C16H18FN3/c1-2-4-16-19-9-10-20(16)12-13-6-7-15(17)14(11-13)5-3-8-18/h6-7,9-11H,2,4,8,12,18H2,1H3. The Hall–Kier alpha value is -2.12. The lowest BCUT2D eigenvalue weighted by Crippen LogP contribution is -2.04. The maximum atomic E-state index is 13.6. The number of hydrogen-bond acceptors (Lipinski definition) is 2. The molecule has 1 heterocycles. The fraction of sp³-hybridized carbons (Fsp3) is 0.312. The van der Waals surface area contributed by atoms with Crippen LogP contribution in [0.1, 0.15) is 30.3 Å². The van der Waals surface area contributed by atoms with E-state index in [0.717, 1.165) is 24.2 Å². The highest BCUT2D eigenvalue weighted by molar-refractivity contribution is 5.38. The van der Waals surface area contributed by atoms with E-state index in [1.807, 2.05) is 6.20 Å². The number of benzene rings is 1. The van der Waals surface area contributed by atoms with Crippen LogP contribution in [0.2, 0.25) is 0 Å². The van der Waals surface area contributed by atoms with Gasteiger partial charge >= 0.3 is 0 Å². The van der Waals surface area contributed by atoms with Crippen LogP contribution in [0.25, 0.3) is 0 Å². The summed E-state index contributed by atoms with van der Waals surface area (Å²) in [5, 5.41) is 0. The van der Waals surface area contributed by atoms with Gasteiger partial charge in [-0.15, -0.1) is 0 Å². The van der Waals surface area contributed by atoms with E-state index in [4.69, 9.17) is 5.73 Å². The average molecular weight is 271 g/mol. The normalized spacial score (nSPS) is 10.2. The van der Waals surface area contributed by atoms with Crippen molar-refractivity contribution in [3.05, 3.63) is 53.4 Å². The molecule has 0 unspecified atom stereocenters. The van der Waals surface area contributed by atoms with Crippen LogP contribution in [0.4, 0.5) is 4.39 Å². The van der Waals surface area contributed by atoms with Crippen LogP contribution in [-0.2, 0) is 13.0 Å². The molecule has 1 aromatic carbocycles. The van der Waals surface area contributed by atoms with Gasteiger partial charge in [0.25, 0.3) is 0 Å². The quantitative estimate of drug-likeness (QED) is 0.867. The summed E-state index contributed by atoms with van der Waals surface area (Å²) in [5.74, 6) is 6.18. The van der Waals surface area contributed by atoms with Crippen molar-refractivity contribution >= 4 is 0 Å². The van der Waals surface area contributed by atoms with Crippen molar-refractivity contribution in [1.29, 1.82) is 0 Å². The van der Waals surface area contributed by atoms with Crippen LogP contribution in [-0.4, -0.2) is 16.1 Å². The van der Waals surface area contributed by atoms with Crippen LogP contribution in [0, 0.1) is 17.7 Å². The molecule has 0 atom stereocenters. The minimum absolute atomic E-state index is 0.228.